The van der Waals surface area contributed by atoms with E-state index >= 15 is 0 Å². The minimum Gasteiger partial charge on any atom is -0.478 e. The molecule has 12 heavy (non-hydrogen) atoms. The molecule has 0 saturated carbocycles. The number of nitrogens with zero attached hydrogens (tertiary/aromatic N) is 2. The summed E-state index contributed by atoms with van der Waals surface area (Å²) in [7, 11) is 1.86. The van der Waals surface area contributed by atoms with Crippen LogP contribution >= 0.6 is 0 Å². The van der Waals surface area contributed by atoms with Crippen LogP contribution in [0, 0.1) is 6.92 Å². The summed E-state index contributed by atoms with van der Waals surface area (Å²) in [5, 5.41) is 8.35. The molecule has 0 aliphatic heterocycles. The van der Waals surface area contributed by atoms with E-state index in [1.165, 1.54) is 6.08 Å². The first kappa shape index (κ1) is 8.52. The van der Waals surface area contributed by atoms with Gasteiger partial charge in [0.05, 0.1) is 12.0 Å². The van der Waals surface area contributed by atoms with Gasteiger partial charge in [0.1, 0.15) is 0 Å². The molecule has 64 valence electrons. The summed E-state index contributed by atoms with van der Waals surface area (Å²) in [6.45, 7) is 1.88. The Morgan fingerprint density at radius 2 is 2.42 bits per heavy atom. The van der Waals surface area contributed by atoms with Gasteiger partial charge < -0.3 is 9.67 Å². The molecule has 1 N–H and O–H groups in total. The number of hydrogen-bond acceptors (Lipinski definition) is 2. The van der Waals surface area contributed by atoms with E-state index in [0.29, 0.717) is 5.69 Å². The lowest BCUT2D eigenvalue weighted by atomic mass is 10.3. The Morgan fingerprint density at radius 1 is 1.75 bits per heavy atom. The number of aryl methyl sites for hydroxylation is 1. The van der Waals surface area contributed by atoms with Crippen LogP contribution in [-0.4, -0.2) is 20.6 Å². The Bertz CT molecular complexity index is 326. The maximum atomic E-state index is 10.2. The number of rotatable bonds is 2. The van der Waals surface area contributed by atoms with Gasteiger partial charge in [-0.1, -0.05) is 0 Å². The molecule has 0 amide bonds. The molecule has 4 heteroatoms. The number of aliphatic carboxylic acids is 1. The topological polar surface area (TPSA) is 55.1 Å². The monoisotopic (exact) mass is 166 g/mol. The van der Waals surface area contributed by atoms with E-state index in [-0.39, 0.29) is 0 Å². The van der Waals surface area contributed by atoms with Crippen molar-refractivity contribution in [2.24, 2.45) is 7.05 Å². The van der Waals surface area contributed by atoms with Gasteiger partial charge in [-0.3, -0.25) is 0 Å². The van der Waals surface area contributed by atoms with Crippen LogP contribution in [0.1, 0.15) is 11.4 Å². The fourth-order valence-corrected chi connectivity index (χ4v) is 0.823. The van der Waals surface area contributed by atoms with E-state index in [4.69, 9.17) is 5.11 Å². The Kier molecular flexibility index (Phi) is 2.28. The van der Waals surface area contributed by atoms with E-state index in [1.807, 2.05) is 18.5 Å². The standard InChI is InChI=1S/C8H10N2O2/c1-6-7(3-4-8(11)12)9-5-10(6)2/h3-5H,1-2H3,(H,11,12). The van der Waals surface area contributed by atoms with Crippen molar-refractivity contribution in [2.75, 3.05) is 0 Å². The zero-order chi connectivity index (χ0) is 9.14. The molecule has 4 nitrogen and oxygen atoms in total. The van der Waals surface area contributed by atoms with Gasteiger partial charge in [0, 0.05) is 18.8 Å². The van der Waals surface area contributed by atoms with Crippen LogP contribution in [0.15, 0.2) is 12.4 Å². The number of aromatic nitrogens is 2. The Balaban J connectivity index is 2.90. The van der Waals surface area contributed by atoms with Crippen LogP contribution in [0.5, 0.6) is 0 Å². The molecule has 1 aromatic rings. The quantitative estimate of drug-likeness (QED) is 0.662. The van der Waals surface area contributed by atoms with Gasteiger partial charge in [-0.2, -0.15) is 0 Å². The average Bonchev–Trinajstić information content (AvgIpc) is 2.30. The number of carboxylic acids is 1. The fraction of sp³-hybridized carbons (Fsp3) is 0.250. The molecule has 0 atom stereocenters. The van der Waals surface area contributed by atoms with E-state index in [9.17, 15) is 4.79 Å². The molecule has 1 rings (SSSR count). The molecule has 0 aliphatic rings. The molecule has 0 aromatic carbocycles. The Morgan fingerprint density at radius 3 is 2.83 bits per heavy atom. The van der Waals surface area contributed by atoms with E-state index < -0.39 is 5.97 Å². The van der Waals surface area contributed by atoms with Crippen molar-refractivity contribution in [3.05, 3.63) is 23.8 Å². The molecule has 0 bridgehead atoms. The van der Waals surface area contributed by atoms with Crippen LogP contribution in [-0.2, 0) is 11.8 Å². The number of hydrogen-bond donors (Lipinski definition) is 1. The van der Waals surface area contributed by atoms with Crippen LogP contribution in [0.3, 0.4) is 0 Å². The molecule has 0 radical (unpaired) electrons. The summed E-state index contributed by atoms with van der Waals surface area (Å²) in [6, 6.07) is 0. The molecule has 0 spiro atoms. The normalized spacial score (nSPS) is 10.8. The van der Waals surface area contributed by atoms with Crippen molar-refractivity contribution in [3.8, 4) is 0 Å². The zero-order valence-corrected chi connectivity index (χ0v) is 6.98. The Hall–Kier alpha value is -1.58. The van der Waals surface area contributed by atoms with Gasteiger partial charge in [0.2, 0.25) is 0 Å². The van der Waals surface area contributed by atoms with Crippen LogP contribution in [0.2, 0.25) is 0 Å². The lowest BCUT2D eigenvalue weighted by Gasteiger charge is -1.92. The van der Waals surface area contributed by atoms with Crippen molar-refractivity contribution >= 4 is 12.0 Å². The highest BCUT2D eigenvalue weighted by molar-refractivity contribution is 5.85. The van der Waals surface area contributed by atoms with Crippen molar-refractivity contribution in [3.63, 3.8) is 0 Å². The van der Waals surface area contributed by atoms with Crippen LogP contribution in [0.4, 0.5) is 0 Å². The lowest BCUT2D eigenvalue weighted by Crippen LogP contribution is -1.89. The molecule has 0 saturated heterocycles. The third-order valence-corrected chi connectivity index (χ3v) is 1.65. The predicted octanol–water partition coefficient (Wildman–Crippen LogP) is 0.826. The minimum absolute atomic E-state index is 0.694. The highest BCUT2D eigenvalue weighted by Crippen LogP contribution is 2.05. The summed E-state index contributed by atoms with van der Waals surface area (Å²) in [6.07, 6.45) is 4.21. The lowest BCUT2D eigenvalue weighted by molar-refractivity contribution is -0.131. The van der Waals surface area contributed by atoms with Gasteiger partial charge in [-0.15, -0.1) is 0 Å². The molecular weight excluding hydrogens is 156 g/mol. The second kappa shape index (κ2) is 3.21. The first-order chi connectivity index (χ1) is 5.61. The van der Waals surface area contributed by atoms with E-state index in [1.54, 1.807) is 6.33 Å². The predicted molar refractivity (Wildman–Crippen MR) is 44.6 cm³/mol. The highest BCUT2D eigenvalue weighted by atomic mass is 16.4. The SMILES string of the molecule is Cc1c(C=CC(=O)O)ncn1C. The molecule has 0 aliphatic carbocycles. The second-order valence-corrected chi connectivity index (χ2v) is 2.50. The highest BCUT2D eigenvalue weighted by Gasteiger charge is 1.99. The van der Waals surface area contributed by atoms with Crippen LogP contribution in [0.25, 0.3) is 6.08 Å². The smallest absolute Gasteiger partial charge is 0.328 e. The van der Waals surface area contributed by atoms with Crippen LogP contribution < -0.4 is 0 Å². The number of imidazole rings is 1. The van der Waals surface area contributed by atoms with Gasteiger partial charge in [-0.25, -0.2) is 9.78 Å². The third-order valence-electron chi connectivity index (χ3n) is 1.65. The first-order valence-electron chi connectivity index (χ1n) is 3.50. The third kappa shape index (κ3) is 1.72. The summed E-state index contributed by atoms with van der Waals surface area (Å²) in [5.74, 6) is -0.958. The van der Waals surface area contributed by atoms with E-state index in [2.05, 4.69) is 4.98 Å². The molecule has 0 unspecified atom stereocenters. The van der Waals surface area contributed by atoms with Crippen molar-refractivity contribution in [1.82, 2.24) is 9.55 Å². The van der Waals surface area contributed by atoms with Gasteiger partial charge in [-0.05, 0) is 13.0 Å². The van der Waals surface area contributed by atoms with Gasteiger partial charge >= 0.3 is 5.97 Å². The summed E-state index contributed by atoms with van der Waals surface area (Å²) in [4.78, 5) is 14.2. The average molecular weight is 166 g/mol. The first-order valence-corrected chi connectivity index (χ1v) is 3.50. The summed E-state index contributed by atoms with van der Waals surface area (Å²) in [5.41, 5.74) is 1.65. The van der Waals surface area contributed by atoms with Crippen molar-refractivity contribution in [2.45, 2.75) is 6.92 Å². The molecule has 1 aromatic heterocycles. The molecule has 1 heterocycles. The largest absolute Gasteiger partial charge is 0.478 e. The maximum Gasteiger partial charge on any atom is 0.328 e. The van der Waals surface area contributed by atoms with E-state index in [0.717, 1.165) is 11.8 Å². The summed E-state index contributed by atoms with van der Waals surface area (Å²) < 4.78 is 1.83. The number of carbonyl (C=O) groups is 1. The van der Waals surface area contributed by atoms with Crippen molar-refractivity contribution in [1.29, 1.82) is 0 Å². The zero-order valence-electron chi connectivity index (χ0n) is 6.98. The second-order valence-electron chi connectivity index (χ2n) is 2.50. The maximum absolute atomic E-state index is 10.2. The molecular formula is C8H10N2O2. The summed E-state index contributed by atoms with van der Waals surface area (Å²) >= 11 is 0. The molecule has 0 fully saturated rings. The van der Waals surface area contributed by atoms with Crippen molar-refractivity contribution < 1.29 is 9.90 Å². The van der Waals surface area contributed by atoms with Gasteiger partial charge in [0.15, 0.2) is 0 Å². The van der Waals surface area contributed by atoms with Gasteiger partial charge in [0.25, 0.3) is 0 Å². The fourth-order valence-electron chi connectivity index (χ4n) is 0.823. The Labute approximate surface area is 70.2 Å². The number of carboxylic acid groups (broad SMARTS) is 1. The minimum atomic E-state index is -0.958.